The van der Waals surface area contributed by atoms with E-state index >= 15 is 0 Å². The van der Waals surface area contributed by atoms with Crippen LogP contribution in [0.4, 0.5) is 4.39 Å². The lowest BCUT2D eigenvalue weighted by Gasteiger charge is -2.06. The number of rotatable bonds is 2. The molecule has 0 saturated heterocycles. The maximum Gasteiger partial charge on any atom is 0.142 e. The highest BCUT2D eigenvalue weighted by Gasteiger charge is 2.04. The molecular weight excluding hydrogens is 212 g/mol. The van der Waals surface area contributed by atoms with Crippen molar-refractivity contribution in [2.75, 3.05) is 0 Å². The highest BCUT2D eigenvalue weighted by molar-refractivity contribution is 6.30. The molecule has 0 heterocycles. The van der Waals surface area contributed by atoms with E-state index in [0.29, 0.717) is 5.56 Å². The van der Waals surface area contributed by atoms with Crippen LogP contribution in [0.5, 0.6) is 0 Å². The summed E-state index contributed by atoms with van der Waals surface area (Å²) in [5.74, 6) is -0.452. The lowest BCUT2D eigenvalue weighted by molar-refractivity contribution is 0.624. The molecule has 0 radical (unpaired) electrons. The standard InChI is InChI=1S/C9H9ClFN.ClH/c1-2-9(12)6-3-4-7(10)8(11)5-6;/h2-5,9H,1,12H2;1H/t9-;/m0./s1. The SMILES string of the molecule is C=C[C@H](N)c1ccc(Cl)c(F)c1.Cl. The molecule has 1 rings (SSSR count). The number of hydrogen-bond donors (Lipinski definition) is 1. The van der Waals surface area contributed by atoms with E-state index in [9.17, 15) is 4.39 Å². The smallest absolute Gasteiger partial charge is 0.142 e. The van der Waals surface area contributed by atoms with Crippen molar-refractivity contribution in [2.45, 2.75) is 6.04 Å². The molecule has 0 aliphatic rings. The van der Waals surface area contributed by atoms with Crippen LogP contribution < -0.4 is 5.73 Å². The molecule has 1 aromatic carbocycles. The van der Waals surface area contributed by atoms with E-state index in [1.807, 2.05) is 0 Å². The average Bonchev–Trinajstić information content (AvgIpc) is 2.08. The van der Waals surface area contributed by atoms with Gasteiger partial charge in [0.15, 0.2) is 0 Å². The molecular formula is C9H10Cl2FN. The molecule has 0 amide bonds. The predicted octanol–water partition coefficient (Wildman–Crippen LogP) is 3.09. The molecule has 1 nitrogen and oxygen atoms in total. The van der Waals surface area contributed by atoms with E-state index in [2.05, 4.69) is 6.58 Å². The maximum atomic E-state index is 12.9. The molecule has 0 unspecified atom stereocenters. The van der Waals surface area contributed by atoms with Gasteiger partial charge in [0.2, 0.25) is 0 Å². The van der Waals surface area contributed by atoms with E-state index < -0.39 is 5.82 Å². The van der Waals surface area contributed by atoms with Gasteiger partial charge in [-0.3, -0.25) is 0 Å². The Morgan fingerprint density at radius 2 is 2.15 bits per heavy atom. The van der Waals surface area contributed by atoms with Crippen molar-refractivity contribution < 1.29 is 4.39 Å². The van der Waals surface area contributed by atoms with Gasteiger partial charge in [-0.1, -0.05) is 23.7 Å². The Morgan fingerprint density at radius 1 is 1.54 bits per heavy atom. The first-order valence-electron chi connectivity index (χ1n) is 3.48. The molecule has 0 aliphatic carbocycles. The van der Waals surface area contributed by atoms with Crippen molar-refractivity contribution in [3.8, 4) is 0 Å². The quantitative estimate of drug-likeness (QED) is 0.764. The molecule has 0 saturated carbocycles. The van der Waals surface area contributed by atoms with Gasteiger partial charge in [-0.2, -0.15) is 0 Å². The van der Waals surface area contributed by atoms with Crippen LogP contribution >= 0.6 is 24.0 Å². The monoisotopic (exact) mass is 221 g/mol. The summed E-state index contributed by atoms with van der Waals surface area (Å²) in [6.45, 7) is 3.51. The fourth-order valence-corrected chi connectivity index (χ4v) is 0.973. The summed E-state index contributed by atoms with van der Waals surface area (Å²) in [7, 11) is 0. The lowest BCUT2D eigenvalue weighted by Crippen LogP contribution is -2.06. The van der Waals surface area contributed by atoms with E-state index in [-0.39, 0.29) is 23.5 Å². The van der Waals surface area contributed by atoms with Crippen LogP contribution in [0.3, 0.4) is 0 Å². The van der Waals surface area contributed by atoms with Gasteiger partial charge in [-0.25, -0.2) is 4.39 Å². The second kappa shape index (κ2) is 5.22. The third-order valence-corrected chi connectivity index (χ3v) is 1.89. The van der Waals surface area contributed by atoms with Crippen molar-refractivity contribution >= 4 is 24.0 Å². The normalized spacial score (nSPS) is 11.6. The first-order valence-corrected chi connectivity index (χ1v) is 3.86. The lowest BCUT2D eigenvalue weighted by atomic mass is 10.1. The molecule has 0 bridgehead atoms. The number of nitrogens with two attached hydrogens (primary N) is 1. The van der Waals surface area contributed by atoms with E-state index in [1.165, 1.54) is 12.1 Å². The molecule has 0 spiro atoms. The van der Waals surface area contributed by atoms with Crippen molar-refractivity contribution in [2.24, 2.45) is 5.73 Å². The minimum atomic E-state index is -0.452. The van der Waals surface area contributed by atoms with Crippen LogP contribution in [-0.2, 0) is 0 Å². The average molecular weight is 222 g/mol. The molecule has 4 heteroatoms. The first-order chi connectivity index (χ1) is 5.65. The fraction of sp³-hybridized carbons (Fsp3) is 0.111. The second-order valence-corrected chi connectivity index (χ2v) is 2.84. The van der Waals surface area contributed by atoms with Gasteiger partial charge in [0, 0.05) is 6.04 Å². The second-order valence-electron chi connectivity index (χ2n) is 2.44. The summed E-state index contributed by atoms with van der Waals surface area (Å²) in [6.07, 6.45) is 1.54. The zero-order chi connectivity index (χ0) is 9.14. The highest BCUT2D eigenvalue weighted by atomic mass is 35.5. The molecule has 0 aromatic heterocycles. The molecule has 0 aliphatic heterocycles. The summed E-state index contributed by atoms with van der Waals surface area (Å²) in [5, 5.41) is 0.106. The minimum Gasteiger partial charge on any atom is -0.321 e. The van der Waals surface area contributed by atoms with Crippen LogP contribution in [0, 0.1) is 5.82 Å². The number of halogens is 3. The van der Waals surface area contributed by atoms with Gasteiger partial charge in [-0.15, -0.1) is 19.0 Å². The Kier molecular flexibility index (Phi) is 4.99. The van der Waals surface area contributed by atoms with Crippen LogP contribution in [-0.4, -0.2) is 0 Å². The Labute approximate surface area is 87.8 Å². The van der Waals surface area contributed by atoms with Gasteiger partial charge in [0.05, 0.1) is 5.02 Å². The summed E-state index contributed by atoms with van der Waals surface area (Å²) in [6, 6.07) is 4.14. The summed E-state index contributed by atoms with van der Waals surface area (Å²) in [5.41, 5.74) is 6.26. The zero-order valence-corrected chi connectivity index (χ0v) is 8.41. The van der Waals surface area contributed by atoms with Crippen LogP contribution in [0.2, 0.25) is 5.02 Å². The Hall–Kier alpha value is -0.570. The summed E-state index contributed by atoms with van der Waals surface area (Å²) >= 11 is 5.49. The van der Waals surface area contributed by atoms with Crippen molar-refractivity contribution in [3.05, 3.63) is 47.3 Å². The molecule has 1 aromatic rings. The van der Waals surface area contributed by atoms with Gasteiger partial charge < -0.3 is 5.73 Å². The van der Waals surface area contributed by atoms with Gasteiger partial charge in [-0.05, 0) is 17.7 Å². The molecule has 13 heavy (non-hydrogen) atoms. The molecule has 1 atom stereocenters. The van der Waals surface area contributed by atoms with Gasteiger partial charge in [0.25, 0.3) is 0 Å². The van der Waals surface area contributed by atoms with Crippen LogP contribution in [0.25, 0.3) is 0 Å². The van der Waals surface area contributed by atoms with Crippen molar-refractivity contribution in [1.82, 2.24) is 0 Å². The summed E-state index contributed by atoms with van der Waals surface area (Å²) in [4.78, 5) is 0. The molecule has 2 N–H and O–H groups in total. The molecule has 0 fully saturated rings. The predicted molar refractivity (Wildman–Crippen MR) is 55.8 cm³/mol. The zero-order valence-electron chi connectivity index (χ0n) is 6.84. The van der Waals surface area contributed by atoms with E-state index in [0.717, 1.165) is 0 Å². The number of hydrogen-bond acceptors (Lipinski definition) is 1. The van der Waals surface area contributed by atoms with Gasteiger partial charge >= 0.3 is 0 Å². The molecule has 72 valence electrons. The third-order valence-electron chi connectivity index (χ3n) is 1.58. The van der Waals surface area contributed by atoms with Crippen molar-refractivity contribution in [1.29, 1.82) is 0 Å². The van der Waals surface area contributed by atoms with E-state index in [1.54, 1.807) is 12.1 Å². The minimum absolute atomic E-state index is 0. The third kappa shape index (κ3) is 2.99. The number of benzene rings is 1. The first kappa shape index (κ1) is 12.4. The Balaban J connectivity index is 0.00000144. The fourth-order valence-electron chi connectivity index (χ4n) is 0.856. The van der Waals surface area contributed by atoms with Crippen LogP contribution in [0.1, 0.15) is 11.6 Å². The van der Waals surface area contributed by atoms with Crippen LogP contribution in [0.15, 0.2) is 30.9 Å². The largest absolute Gasteiger partial charge is 0.321 e. The van der Waals surface area contributed by atoms with E-state index in [4.69, 9.17) is 17.3 Å². The topological polar surface area (TPSA) is 26.0 Å². The highest BCUT2D eigenvalue weighted by Crippen LogP contribution is 2.19. The Morgan fingerprint density at radius 3 is 2.62 bits per heavy atom. The van der Waals surface area contributed by atoms with Gasteiger partial charge in [0.1, 0.15) is 5.82 Å². The van der Waals surface area contributed by atoms with Crippen molar-refractivity contribution in [3.63, 3.8) is 0 Å². The maximum absolute atomic E-state index is 12.9. The summed E-state index contributed by atoms with van der Waals surface area (Å²) < 4.78 is 12.9. The Bertz CT molecular complexity index is 302.